The van der Waals surface area contributed by atoms with E-state index in [0.717, 1.165) is 48.4 Å². The molecule has 1 aliphatic rings. The number of hydrogen-bond acceptors (Lipinski definition) is 5. The summed E-state index contributed by atoms with van der Waals surface area (Å²) < 4.78 is 43.2. The molecule has 0 saturated heterocycles. The van der Waals surface area contributed by atoms with Crippen LogP contribution in [0.25, 0.3) is 5.69 Å². The summed E-state index contributed by atoms with van der Waals surface area (Å²) in [5.74, 6) is -1.62. The van der Waals surface area contributed by atoms with Crippen LogP contribution in [0, 0.1) is 12.7 Å². The number of carbonyl (C=O) groups is 1. The highest BCUT2D eigenvalue weighted by atomic mass is 32.2. The highest BCUT2D eigenvalue weighted by Crippen LogP contribution is 2.27. The van der Waals surface area contributed by atoms with Gasteiger partial charge in [-0.25, -0.2) is 22.2 Å². The molecular formula is C21H21FN4O3S. The number of benzene rings is 2. The molecule has 0 saturated carbocycles. The fraction of sp³-hybridized carbons (Fsp3) is 0.238. The Kier molecular flexibility index (Phi) is 5.07. The predicted octanol–water partition coefficient (Wildman–Crippen LogP) is 2.90. The van der Waals surface area contributed by atoms with Crippen molar-refractivity contribution in [2.24, 2.45) is 0 Å². The summed E-state index contributed by atoms with van der Waals surface area (Å²) in [5, 5.41) is 4.02. The molecule has 1 aromatic heterocycles. The minimum Gasteiger partial charge on any atom is -0.398 e. The Bertz CT molecular complexity index is 1250. The molecule has 3 N–H and O–H groups in total. The van der Waals surface area contributed by atoms with E-state index in [1.807, 2.05) is 11.6 Å². The van der Waals surface area contributed by atoms with Crippen LogP contribution in [0.3, 0.4) is 0 Å². The number of sulfonamides is 1. The van der Waals surface area contributed by atoms with Crippen molar-refractivity contribution in [3.05, 3.63) is 70.8 Å². The van der Waals surface area contributed by atoms with Gasteiger partial charge in [-0.2, -0.15) is 5.10 Å². The molecule has 1 heterocycles. The maximum absolute atomic E-state index is 14.5. The smallest absolute Gasteiger partial charge is 0.267 e. The maximum Gasteiger partial charge on any atom is 0.267 e. The quantitative estimate of drug-likeness (QED) is 0.622. The third-order valence-corrected chi connectivity index (χ3v) is 6.50. The van der Waals surface area contributed by atoms with Crippen molar-refractivity contribution < 1.29 is 17.6 Å². The number of aryl methyl sites for hydroxylation is 3. The van der Waals surface area contributed by atoms with Crippen LogP contribution in [0.1, 0.15) is 39.9 Å². The van der Waals surface area contributed by atoms with Crippen LogP contribution in [-0.2, 0) is 22.9 Å². The number of carbonyl (C=O) groups excluding carboxylic acids is 1. The molecule has 0 spiro atoms. The first-order chi connectivity index (χ1) is 14.2. The van der Waals surface area contributed by atoms with Gasteiger partial charge in [0.2, 0.25) is 0 Å². The second-order valence-corrected chi connectivity index (χ2v) is 9.11. The molecule has 156 valence electrons. The van der Waals surface area contributed by atoms with E-state index in [1.54, 1.807) is 24.5 Å². The number of hydrogen-bond donors (Lipinski definition) is 2. The summed E-state index contributed by atoms with van der Waals surface area (Å²) in [6, 6.07) is 6.77. The standard InChI is InChI=1S/C21H21FN4O3S/c1-13-11-24-26(12-13)20-7-6-16(10-18(20)22)30(28,29)25-21(27)17-8-14-4-2-3-5-15(14)9-19(17)23/h6-12H,2-5,23H2,1H3,(H,25,27). The largest absolute Gasteiger partial charge is 0.398 e. The summed E-state index contributed by atoms with van der Waals surface area (Å²) in [5.41, 5.74) is 9.34. The van der Waals surface area contributed by atoms with Crippen molar-refractivity contribution in [1.82, 2.24) is 14.5 Å². The van der Waals surface area contributed by atoms with E-state index in [0.29, 0.717) is 0 Å². The highest BCUT2D eigenvalue weighted by molar-refractivity contribution is 7.90. The molecule has 0 atom stereocenters. The van der Waals surface area contributed by atoms with Gasteiger partial charge >= 0.3 is 0 Å². The van der Waals surface area contributed by atoms with Crippen LogP contribution in [0.5, 0.6) is 0 Å². The first kappa shape index (κ1) is 20.1. The second-order valence-electron chi connectivity index (χ2n) is 7.43. The number of nitrogen functional groups attached to an aromatic ring is 1. The van der Waals surface area contributed by atoms with E-state index in [4.69, 9.17) is 5.73 Å². The van der Waals surface area contributed by atoms with E-state index >= 15 is 0 Å². The lowest BCUT2D eigenvalue weighted by molar-refractivity contribution is 0.0982. The highest BCUT2D eigenvalue weighted by Gasteiger charge is 2.23. The summed E-state index contributed by atoms with van der Waals surface area (Å²) >= 11 is 0. The van der Waals surface area contributed by atoms with Gasteiger partial charge in [-0.05, 0) is 79.6 Å². The molecule has 2 aromatic carbocycles. The van der Waals surface area contributed by atoms with Gasteiger partial charge in [0.15, 0.2) is 0 Å². The molecule has 9 heteroatoms. The topological polar surface area (TPSA) is 107 Å². The van der Waals surface area contributed by atoms with Gasteiger partial charge < -0.3 is 5.73 Å². The van der Waals surface area contributed by atoms with Crippen LogP contribution in [0.4, 0.5) is 10.1 Å². The van der Waals surface area contributed by atoms with Crippen LogP contribution in [0.15, 0.2) is 47.6 Å². The second kappa shape index (κ2) is 7.56. The van der Waals surface area contributed by atoms with Crippen LogP contribution in [-0.4, -0.2) is 24.1 Å². The molecule has 1 amide bonds. The van der Waals surface area contributed by atoms with Gasteiger partial charge in [-0.15, -0.1) is 0 Å². The third kappa shape index (κ3) is 3.80. The SMILES string of the molecule is Cc1cnn(-c2ccc(S(=O)(=O)NC(=O)c3cc4c(cc3N)CCCC4)cc2F)c1. The Balaban J connectivity index is 1.60. The fourth-order valence-corrected chi connectivity index (χ4v) is 4.60. The van der Waals surface area contributed by atoms with Crippen molar-refractivity contribution in [2.45, 2.75) is 37.5 Å². The minimum atomic E-state index is -4.29. The molecule has 0 unspecified atom stereocenters. The van der Waals surface area contributed by atoms with Crippen LogP contribution >= 0.6 is 0 Å². The molecule has 4 rings (SSSR count). The summed E-state index contributed by atoms with van der Waals surface area (Å²) in [6.07, 6.45) is 6.97. The molecule has 1 aliphatic carbocycles. The molecule has 0 fully saturated rings. The first-order valence-corrected chi connectivity index (χ1v) is 11.0. The zero-order valence-electron chi connectivity index (χ0n) is 16.4. The number of halogens is 1. The zero-order chi connectivity index (χ0) is 21.5. The lowest BCUT2D eigenvalue weighted by Crippen LogP contribution is -2.31. The van der Waals surface area contributed by atoms with Gasteiger partial charge in [-0.1, -0.05) is 0 Å². The van der Waals surface area contributed by atoms with E-state index in [1.165, 1.54) is 16.8 Å². The molecule has 3 aromatic rings. The van der Waals surface area contributed by atoms with Crippen molar-refractivity contribution in [3.8, 4) is 5.69 Å². The van der Waals surface area contributed by atoms with E-state index in [9.17, 15) is 17.6 Å². The predicted molar refractivity (Wildman–Crippen MR) is 110 cm³/mol. The summed E-state index contributed by atoms with van der Waals surface area (Å²) in [6.45, 7) is 1.81. The van der Waals surface area contributed by atoms with E-state index in [-0.39, 0.29) is 21.8 Å². The number of nitrogens with zero attached hydrogens (tertiary/aromatic N) is 2. The monoisotopic (exact) mass is 428 g/mol. The lowest BCUT2D eigenvalue weighted by Gasteiger charge is -2.18. The zero-order valence-corrected chi connectivity index (χ0v) is 17.2. The molecule has 7 nitrogen and oxygen atoms in total. The number of amides is 1. The van der Waals surface area contributed by atoms with Gasteiger partial charge in [0.05, 0.1) is 16.7 Å². The fourth-order valence-electron chi connectivity index (χ4n) is 3.62. The number of anilines is 1. The average molecular weight is 428 g/mol. The van der Waals surface area contributed by atoms with Gasteiger partial charge in [0.25, 0.3) is 15.9 Å². The molecule has 30 heavy (non-hydrogen) atoms. The van der Waals surface area contributed by atoms with Crippen LogP contribution < -0.4 is 10.5 Å². The summed E-state index contributed by atoms with van der Waals surface area (Å²) in [7, 11) is -4.29. The number of nitrogens with one attached hydrogen (secondary N) is 1. The Morgan fingerprint density at radius 1 is 1.17 bits per heavy atom. The Hall–Kier alpha value is -3.20. The Morgan fingerprint density at radius 2 is 1.87 bits per heavy atom. The van der Waals surface area contributed by atoms with Gasteiger partial charge in [-0.3, -0.25) is 4.79 Å². The number of aromatic nitrogens is 2. The Labute approximate surface area is 173 Å². The normalized spacial score (nSPS) is 13.7. The lowest BCUT2D eigenvalue weighted by atomic mass is 9.89. The first-order valence-electron chi connectivity index (χ1n) is 9.54. The van der Waals surface area contributed by atoms with Crippen molar-refractivity contribution in [3.63, 3.8) is 0 Å². The molecule has 0 radical (unpaired) electrons. The Morgan fingerprint density at radius 3 is 2.50 bits per heavy atom. The minimum absolute atomic E-state index is 0.100. The number of nitrogens with two attached hydrogens (primary N) is 1. The molecule has 0 aliphatic heterocycles. The van der Waals surface area contributed by atoms with Crippen molar-refractivity contribution in [2.75, 3.05) is 5.73 Å². The third-order valence-electron chi connectivity index (χ3n) is 5.17. The van der Waals surface area contributed by atoms with Crippen molar-refractivity contribution >= 4 is 21.6 Å². The van der Waals surface area contributed by atoms with Gasteiger partial charge in [0.1, 0.15) is 11.5 Å². The van der Waals surface area contributed by atoms with E-state index in [2.05, 4.69) is 5.10 Å². The number of rotatable bonds is 4. The number of fused-ring (bicyclic) bond motifs is 1. The molecular weight excluding hydrogens is 407 g/mol. The van der Waals surface area contributed by atoms with Crippen LogP contribution in [0.2, 0.25) is 0 Å². The maximum atomic E-state index is 14.5. The van der Waals surface area contributed by atoms with E-state index < -0.39 is 21.7 Å². The summed E-state index contributed by atoms with van der Waals surface area (Å²) in [4.78, 5) is 12.3. The van der Waals surface area contributed by atoms with Gasteiger partial charge in [0, 0.05) is 11.9 Å². The van der Waals surface area contributed by atoms with Crippen molar-refractivity contribution in [1.29, 1.82) is 0 Å². The molecule has 0 bridgehead atoms. The average Bonchev–Trinajstić information content (AvgIpc) is 3.13.